The highest BCUT2D eigenvalue weighted by Crippen LogP contribution is 2.65. The van der Waals surface area contributed by atoms with E-state index in [9.17, 15) is 32.4 Å². The molecule has 0 aromatic carbocycles. The molecule has 3 fully saturated rings. The Hall–Kier alpha value is -2.70. The number of sulfone groups is 1. The molecule has 0 spiro atoms. The highest BCUT2D eigenvalue weighted by molar-refractivity contribution is 7.92. The van der Waals surface area contributed by atoms with Gasteiger partial charge in [-0.25, -0.2) is 13.2 Å². The Labute approximate surface area is 288 Å². The number of nitrogens with one attached hydrogen (secondary N) is 4. The number of urea groups is 1. The summed E-state index contributed by atoms with van der Waals surface area (Å²) in [4.78, 5) is 69.1. The molecule has 2 saturated carbocycles. The number of Topliss-reactive ketones (excluding diaryl/α,β-unsaturated/α-hetero) is 1. The number of nitrogens with zero attached hydrogens (tertiary/aromatic N) is 1. The summed E-state index contributed by atoms with van der Waals surface area (Å²) in [5.74, 6) is -2.62. The third kappa shape index (κ3) is 8.71. The van der Waals surface area contributed by atoms with Crippen LogP contribution in [0.25, 0.3) is 0 Å². The van der Waals surface area contributed by atoms with Gasteiger partial charge in [0.25, 0.3) is 5.91 Å². The molecule has 48 heavy (non-hydrogen) atoms. The maximum Gasteiger partial charge on any atom is 0.315 e. The minimum Gasteiger partial charge on any atom is -0.349 e. The molecule has 0 aromatic rings. The van der Waals surface area contributed by atoms with E-state index in [4.69, 9.17) is 0 Å². The van der Waals surface area contributed by atoms with Crippen LogP contribution in [0.3, 0.4) is 0 Å². The summed E-state index contributed by atoms with van der Waals surface area (Å²) in [6, 6.07) is -3.54. The molecule has 3 rings (SSSR count). The van der Waals surface area contributed by atoms with Gasteiger partial charge in [-0.2, -0.15) is 0 Å². The minimum atomic E-state index is -3.56. The molecule has 13 heteroatoms. The number of amides is 5. The number of hydrogen-bond acceptors (Lipinski definition) is 7. The number of rotatable bonds is 13. The molecule has 1 saturated heterocycles. The van der Waals surface area contributed by atoms with Gasteiger partial charge in [0, 0.05) is 13.1 Å². The first-order chi connectivity index (χ1) is 22.0. The quantitative estimate of drug-likeness (QED) is 0.214. The molecular weight excluding hydrogens is 634 g/mol. The molecule has 3 aliphatic rings. The summed E-state index contributed by atoms with van der Waals surface area (Å²) in [6.45, 7) is 19.0. The van der Waals surface area contributed by atoms with Gasteiger partial charge in [-0.15, -0.1) is 0 Å². The second-order valence-electron chi connectivity index (χ2n) is 17.0. The Bertz CT molecular complexity index is 1340. The molecule has 1 unspecified atom stereocenters. The van der Waals surface area contributed by atoms with Gasteiger partial charge in [0.05, 0.1) is 22.1 Å². The van der Waals surface area contributed by atoms with E-state index in [0.29, 0.717) is 38.8 Å². The average molecular weight is 696 g/mol. The van der Waals surface area contributed by atoms with Crippen LogP contribution in [0.5, 0.6) is 0 Å². The number of fused-ring (bicyclic) bond motifs is 1. The van der Waals surface area contributed by atoms with E-state index >= 15 is 0 Å². The average Bonchev–Trinajstić information content (AvgIpc) is 3.28. The smallest absolute Gasteiger partial charge is 0.315 e. The highest BCUT2D eigenvalue weighted by atomic mass is 32.2. The standard InChI is InChI=1S/C35H61N5O7S/c1-11-16-23(26(41)29(43)36-19-12-2)37-28(42)25-24-22(34(24,9)10)20-40(25)30(44)27(32(3,4)5)38-31(45)39-35(17-14-13-15-18-35)21-48(46,47)33(6,7)8/h22-25,27H,11-21H2,1-10H3,(H,36,43)(H,37,42)(H2,38,39,45)/t22-,23?,24-,25-,27+/m0/s1. The van der Waals surface area contributed by atoms with E-state index in [1.165, 1.54) is 4.90 Å². The lowest BCUT2D eigenvalue weighted by Crippen LogP contribution is -2.64. The Kier molecular flexibility index (Phi) is 12.1. The summed E-state index contributed by atoms with van der Waals surface area (Å²) in [5, 5.41) is 11.3. The maximum absolute atomic E-state index is 14.4. The molecule has 5 amide bonds. The molecular formula is C35H61N5O7S. The van der Waals surface area contributed by atoms with Gasteiger partial charge in [-0.3, -0.25) is 19.2 Å². The van der Waals surface area contributed by atoms with Crippen LogP contribution in [-0.2, 0) is 29.0 Å². The fourth-order valence-corrected chi connectivity index (χ4v) is 8.97. The molecule has 0 radical (unpaired) electrons. The van der Waals surface area contributed by atoms with Crippen molar-refractivity contribution in [3.05, 3.63) is 0 Å². The highest BCUT2D eigenvalue weighted by Gasteiger charge is 2.70. The van der Waals surface area contributed by atoms with Gasteiger partial charge in [0.1, 0.15) is 12.1 Å². The molecule has 1 aliphatic heterocycles. The van der Waals surface area contributed by atoms with Crippen molar-refractivity contribution in [3.8, 4) is 0 Å². The van der Waals surface area contributed by atoms with Gasteiger partial charge in [0.15, 0.2) is 9.84 Å². The first-order valence-electron chi connectivity index (χ1n) is 17.8. The molecule has 5 atom stereocenters. The van der Waals surface area contributed by atoms with Crippen LogP contribution in [0.2, 0.25) is 0 Å². The summed E-state index contributed by atoms with van der Waals surface area (Å²) in [5.41, 5.74) is -1.91. The van der Waals surface area contributed by atoms with Crippen LogP contribution in [0.1, 0.15) is 121 Å². The fraction of sp³-hybridized carbons (Fsp3) is 0.857. The molecule has 12 nitrogen and oxygen atoms in total. The zero-order valence-electron chi connectivity index (χ0n) is 30.9. The SMILES string of the molecule is CCCNC(=O)C(=O)C(CCC)NC(=O)[C@@H]1[C@@H]2[C@H](CN1C(=O)[C@@H](NC(=O)NC1(CS(=O)(=O)C(C)(C)C)CCCCC1)C(C)(C)C)C2(C)C. The van der Waals surface area contributed by atoms with Crippen molar-refractivity contribution < 1.29 is 32.4 Å². The van der Waals surface area contributed by atoms with Crippen LogP contribution >= 0.6 is 0 Å². The van der Waals surface area contributed by atoms with Gasteiger partial charge in [-0.05, 0) is 69.1 Å². The zero-order valence-corrected chi connectivity index (χ0v) is 31.7. The van der Waals surface area contributed by atoms with Gasteiger partial charge in [-0.1, -0.05) is 74.1 Å². The van der Waals surface area contributed by atoms with E-state index < -0.39 is 73.2 Å². The number of carbonyl (C=O) groups excluding carboxylic acids is 5. The first kappa shape index (κ1) is 39.7. The van der Waals surface area contributed by atoms with E-state index in [2.05, 4.69) is 35.1 Å². The van der Waals surface area contributed by atoms with Crippen LogP contribution in [0.4, 0.5) is 4.79 Å². The zero-order chi connectivity index (χ0) is 36.5. The van der Waals surface area contributed by atoms with E-state index in [1.807, 2.05) is 34.6 Å². The van der Waals surface area contributed by atoms with Crippen LogP contribution < -0.4 is 21.3 Å². The summed E-state index contributed by atoms with van der Waals surface area (Å²) in [7, 11) is -3.56. The number of hydrogen-bond donors (Lipinski definition) is 4. The second-order valence-corrected chi connectivity index (χ2v) is 19.7. The lowest BCUT2D eigenvalue weighted by atomic mass is 9.83. The van der Waals surface area contributed by atoms with Crippen molar-refractivity contribution in [3.63, 3.8) is 0 Å². The molecule has 1 heterocycles. The van der Waals surface area contributed by atoms with Crippen LogP contribution in [0.15, 0.2) is 0 Å². The molecule has 2 aliphatic carbocycles. The normalized spacial score (nSPS) is 24.5. The van der Waals surface area contributed by atoms with Gasteiger partial charge >= 0.3 is 6.03 Å². The fourth-order valence-electron chi connectivity index (χ4n) is 7.45. The Morgan fingerprint density at radius 2 is 1.50 bits per heavy atom. The van der Waals surface area contributed by atoms with Crippen molar-refractivity contribution in [1.82, 2.24) is 26.2 Å². The monoisotopic (exact) mass is 695 g/mol. The molecule has 0 aromatic heterocycles. The maximum atomic E-state index is 14.4. The van der Waals surface area contributed by atoms with E-state index in [0.717, 1.165) is 19.3 Å². The van der Waals surface area contributed by atoms with Crippen LogP contribution in [0, 0.1) is 22.7 Å². The number of likely N-dealkylation sites (tertiary alicyclic amines) is 1. The van der Waals surface area contributed by atoms with Crippen molar-refractivity contribution in [2.45, 2.75) is 149 Å². The van der Waals surface area contributed by atoms with E-state index in [1.54, 1.807) is 20.8 Å². The van der Waals surface area contributed by atoms with Gasteiger partial charge < -0.3 is 26.2 Å². The minimum absolute atomic E-state index is 0.0629. The first-order valence-corrected chi connectivity index (χ1v) is 19.4. The summed E-state index contributed by atoms with van der Waals surface area (Å²) in [6.07, 6.45) is 5.07. The number of piperidine rings is 1. The predicted octanol–water partition coefficient (Wildman–Crippen LogP) is 3.48. The van der Waals surface area contributed by atoms with Crippen molar-refractivity contribution in [2.75, 3.05) is 18.8 Å². The third-order valence-electron chi connectivity index (χ3n) is 10.7. The number of ketones is 1. The lowest BCUT2D eigenvalue weighted by Gasteiger charge is -2.41. The largest absolute Gasteiger partial charge is 0.349 e. The predicted molar refractivity (Wildman–Crippen MR) is 186 cm³/mol. The van der Waals surface area contributed by atoms with Crippen LogP contribution in [-0.4, -0.2) is 90.1 Å². The van der Waals surface area contributed by atoms with E-state index in [-0.39, 0.29) is 29.4 Å². The molecule has 0 bridgehead atoms. The van der Waals surface area contributed by atoms with Crippen molar-refractivity contribution in [1.29, 1.82) is 0 Å². The Morgan fingerprint density at radius 3 is 2.02 bits per heavy atom. The summed E-state index contributed by atoms with van der Waals surface area (Å²) >= 11 is 0. The molecule has 274 valence electrons. The summed E-state index contributed by atoms with van der Waals surface area (Å²) < 4.78 is 25.6. The van der Waals surface area contributed by atoms with Crippen molar-refractivity contribution in [2.24, 2.45) is 22.7 Å². The third-order valence-corrected chi connectivity index (χ3v) is 13.5. The molecule has 4 N–H and O–H groups in total. The lowest BCUT2D eigenvalue weighted by molar-refractivity contribution is -0.145. The second kappa shape index (κ2) is 14.6. The number of carbonyl (C=O) groups is 5. The van der Waals surface area contributed by atoms with Gasteiger partial charge in [0.2, 0.25) is 17.6 Å². The Morgan fingerprint density at radius 1 is 0.896 bits per heavy atom. The van der Waals surface area contributed by atoms with Crippen molar-refractivity contribution >= 4 is 39.4 Å². The Balaban J connectivity index is 1.85. The topological polar surface area (TPSA) is 171 Å².